The zero-order chi connectivity index (χ0) is 18.7. The first-order valence-electron chi connectivity index (χ1n) is 8.96. The van der Waals surface area contributed by atoms with Crippen LogP contribution in [-0.4, -0.2) is 27.4 Å². The molecule has 0 saturated carbocycles. The molecule has 0 aliphatic rings. The Balaban J connectivity index is 1.95. The highest BCUT2D eigenvalue weighted by Crippen LogP contribution is 2.27. The number of para-hydroxylation sites is 1. The summed E-state index contributed by atoms with van der Waals surface area (Å²) in [6.45, 7) is 6.13. The summed E-state index contributed by atoms with van der Waals surface area (Å²) < 4.78 is 2.13. The van der Waals surface area contributed by atoms with E-state index in [1.165, 1.54) is 0 Å². The van der Waals surface area contributed by atoms with Crippen molar-refractivity contribution in [3.8, 4) is 5.69 Å². The van der Waals surface area contributed by atoms with Crippen LogP contribution in [0.5, 0.6) is 0 Å². The van der Waals surface area contributed by atoms with Gasteiger partial charge in [-0.15, -0.1) is 0 Å². The molecule has 0 fully saturated rings. The second-order valence-electron chi connectivity index (χ2n) is 6.58. The fraction of sp³-hybridized carbons (Fsp3) is 0.273. The Bertz CT molecular complexity index is 885. The van der Waals surface area contributed by atoms with E-state index in [-0.39, 0.29) is 11.9 Å². The van der Waals surface area contributed by atoms with Crippen LogP contribution >= 0.6 is 0 Å². The van der Waals surface area contributed by atoms with Gasteiger partial charge in [-0.25, -0.2) is 0 Å². The number of rotatable bonds is 5. The van der Waals surface area contributed by atoms with Crippen molar-refractivity contribution in [1.29, 1.82) is 0 Å². The number of aryl methyl sites for hydroxylation is 1. The number of aromatic nitrogens is 2. The zero-order valence-corrected chi connectivity index (χ0v) is 15.8. The third-order valence-electron chi connectivity index (χ3n) is 4.92. The van der Waals surface area contributed by atoms with Crippen LogP contribution in [0, 0.1) is 13.8 Å². The van der Waals surface area contributed by atoms with Crippen LogP contribution in [0.3, 0.4) is 0 Å². The van der Waals surface area contributed by atoms with E-state index in [0.29, 0.717) is 0 Å². The summed E-state index contributed by atoms with van der Waals surface area (Å²) in [7, 11) is 1.87. The van der Waals surface area contributed by atoms with Gasteiger partial charge in [0.15, 0.2) is 0 Å². The Hall–Kier alpha value is -2.88. The molecule has 3 aromatic rings. The smallest absolute Gasteiger partial charge is 0.255 e. The zero-order valence-electron chi connectivity index (χ0n) is 15.8. The molecule has 2 aromatic heterocycles. The van der Waals surface area contributed by atoms with E-state index in [2.05, 4.69) is 28.6 Å². The summed E-state index contributed by atoms with van der Waals surface area (Å²) in [4.78, 5) is 19.3. The second kappa shape index (κ2) is 7.56. The number of hydrogen-bond donors (Lipinski definition) is 0. The maximum absolute atomic E-state index is 13.2. The molecule has 4 nitrogen and oxygen atoms in total. The van der Waals surface area contributed by atoms with E-state index >= 15 is 0 Å². The molecule has 0 radical (unpaired) electrons. The summed E-state index contributed by atoms with van der Waals surface area (Å²) in [5.74, 6) is 0.0379. The molecule has 1 atom stereocenters. The van der Waals surface area contributed by atoms with Gasteiger partial charge in [-0.1, -0.05) is 31.2 Å². The minimum atomic E-state index is 0.0102. The summed E-state index contributed by atoms with van der Waals surface area (Å²) in [5, 5.41) is 0. The van der Waals surface area contributed by atoms with Crippen molar-refractivity contribution in [1.82, 2.24) is 14.5 Å². The van der Waals surface area contributed by atoms with Crippen LogP contribution in [0.25, 0.3) is 5.69 Å². The number of nitrogens with zero attached hydrogens (tertiary/aromatic N) is 3. The summed E-state index contributed by atoms with van der Waals surface area (Å²) in [6, 6.07) is 16.1. The third kappa shape index (κ3) is 3.27. The molecular weight excluding hydrogens is 322 g/mol. The van der Waals surface area contributed by atoms with Gasteiger partial charge >= 0.3 is 0 Å². The van der Waals surface area contributed by atoms with Crippen LogP contribution in [0.15, 0.2) is 60.9 Å². The lowest BCUT2D eigenvalue weighted by atomic mass is 10.0. The van der Waals surface area contributed by atoms with Gasteiger partial charge in [0.1, 0.15) is 0 Å². The van der Waals surface area contributed by atoms with Crippen molar-refractivity contribution in [2.45, 2.75) is 33.2 Å². The lowest BCUT2D eigenvalue weighted by Crippen LogP contribution is -2.31. The summed E-state index contributed by atoms with van der Waals surface area (Å²) in [5.41, 5.74) is 4.90. The Kier molecular flexibility index (Phi) is 5.21. The maximum Gasteiger partial charge on any atom is 0.255 e. The molecule has 0 unspecified atom stereocenters. The number of carbonyl (C=O) groups is 1. The molecule has 0 bridgehead atoms. The van der Waals surface area contributed by atoms with Crippen molar-refractivity contribution in [3.05, 3.63) is 83.4 Å². The molecule has 26 heavy (non-hydrogen) atoms. The molecule has 134 valence electrons. The van der Waals surface area contributed by atoms with E-state index in [1.807, 2.05) is 68.4 Å². The van der Waals surface area contributed by atoms with Crippen molar-refractivity contribution in [3.63, 3.8) is 0 Å². The molecule has 4 heteroatoms. The number of pyridine rings is 1. The first-order valence-corrected chi connectivity index (χ1v) is 8.96. The van der Waals surface area contributed by atoms with E-state index in [9.17, 15) is 4.79 Å². The van der Waals surface area contributed by atoms with Crippen molar-refractivity contribution in [2.24, 2.45) is 0 Å². The first-order chi connectivity index (χ1) is 12.5. The molecule has 1 aromatic carbocycles. The van der Waals surface area contributed by atoms with Crippen LogP contribution in [0.2, 0.25) is 0 Å². The van der Waals surface area contributed by atoms with Crippen molar-refractivity contribution >= 4 is 5.91 Å². The summed E-state index contributed by atoms with van der Waals surface area (Å²) >= 11 is 0. The van der Waals surface area contributed by atoms with Crippen molar-refractivity contribution in [2.75, 3.05) is 7.05 Å². The van der Waals surface area contributed by atoms with E-state index in [0.717, 1.165) is 34.6 Å². The number of benzene rings is 1. The molecule has 0 aliphatic heterocycles. The molecule has 1 amide bonds. The normalized spacial score (nSPS) is 12.0. The highest BCUT2D eigenvalue weighted by atomic mass is 16.2. The number of amides is 1. The number of carbonyl (C=O) groups excluding carboxylic acids is 1. The molecule has 0 saturated heterocycles. The first kappa shape index (κ1) is 17.9. The standard InChI is InChI=1S/C22H25N3O/c1-5-21(18-10-9-13-23-15-18)24(4)22(26)20-14-16(2)25(17(20)3)19-11-7-6-8-12-19/h6-15,21H,5H2,1-4H3/t21-/m1/s1. The van der Waals surface area contributed by atoms with Gasteiger partial charge < -0.3 is 9.47 Å². The van der Waals surface area contributed by atoms with Gasteiger partial charge in [0.05, 0.1) is 11.6 Å². The summed E-state index contributed by atoms with van der Waals surface area (Å²) in [6.07, 6.45) is 4.43. The average molecular weight is 347 g/mol. The largest absolute Gasteiger partial charge is 0.335 e. The van der Waals surface area contributed by atoms with Gasteiger partial charge in [-0.05, 0) is 50.1 Å². The Morgan fingerprint density at radius 3 is 2.50 bits per heavy atom. The molecule has 2 heterocycles. The lowest BCUT2D eigenvalue weighted by Gasteiger charge is -2.27. The van der Waals surface area contributed by atoms with Crippen LogP contribution in [0.1, 0.15) is 46.7 Å². The third-order valence-corrected chi connectivity index (χ3v) is 4.92. The molecule has 0 N–H and O–H groups in total. The fourth-order valence-electron chi connectivity index (χ4n) is 3.59. The monoisotopic (exact) mass is 347 g/mol. The van der Waals surface area contributed by atoms with E-state index < -0.39 is 0 Å². The van der Waals surface area contributed by atoms with Crippen LogP contribution in [-0.2, 0) is 0 Å². The van der Waals surface area contributed by atoms with Crippen LogP contribution in [0.4, 0.5) is 0 Å². The Labute approximate surface area is 155 Å². The van der Waals surface area contributed by atoms with Crippen molar-refractivity contribution < 1.29 is 4.79 Å². The van der Waals surface area contributed by atoms with Gasteiger partial charge in [0.2, 0.25) is 0 Å². The van der Waals surface area contributed by atoms with Crippen LogP contribution < -0.4 is 0 Å². The average Bonchev–Trinajstić information content (AvgIpc) is 2.97. The van der Waals surface area contributed by atoms with Gasteiger partial charge in [0.25, 0.3) is 5.91 Å². The lowest BCUT2D eigenvalue weighted by molar-refractivity contribution is 0.0725. The number of hydrogen-bond acceptors (Lipinski definition) is 2. The topological polar surface area (TPSA) is 38.1 Å². The maximum atomic E-state index is 13.2. The highest BCUT2D eigenvalue weighted by molar-refractivity contribution is 5.96. The predicted octanol–water partition coefficient (Wildman–Crippen LogP) is 4.71. The highest BCUT2D eigenvalue weighted by Gasteiger charge is 2.25. The Morgan fingerprint density at radius 1 is 1.15 bits per heavy atom. The Morgan fingerprint density at radius 2 is 1.88 bits per heavy atom. The minimum absolute atomic E-state index is 0.0102. The predicted molar refractivity (Wildman–Crippen MR) is 105 cm³/mol. The quantitative estimate of drug-likeness (QED) is 0.670. The molecule has 3 rings (SSSR count). The second-order valence-corrected chi connectivity index (χ2v) is 6.58. The SMILES string of the molecule is CC[C@H](c1cccnc1)N(C)C(=O)c1cc(C)n(-c2ccccc2)c1C. The van der Waals surface area contributed by atoms with Gasteiger partial charge in [-0.3, -0.25) is 9.78 Å². The molecule has 0 spiro atoms. The van der Waals surface area contributed by atoms with Gasteiger partial charge in [-0.2, -0.15) is 0 Å². The minimum Gasteiger partial charge on any atom is -0.335 e. The molecular formula is C22H25N3O. The fourth-order valence-corrected chi connectivity index (χ4v) is 3.59. The van der Waals surface area contributed by atoms with E-state index in [4.69, 9.17) is 0 Å². The van der Waals surface area contributed by atoms with Gasteiger partial charge in [0, 0.05) is 36.5 Å². The molecule has 0 aliphatic carbocycles. The van der Waals surface area contributed by atoms with E-state index in [1.54, 1.807) is 6.20 Å².